The van der Waals surface area contributed by atoms with Crippen molar-refractivity contribution in [3.63, 3.8) is 0 Å². The van der Waals surface area contributed by atoms with E-state index >= 15 is 0 Å². The summed E-state index contributed by atoms with van der Waals surface area (Å²) in [6.07, 6.45) is 1.71. The van der Waals surface area contributed by atoms with Crippen LogP contribution in [0, 0.1) is 0 Å². The maximum atomic E-state index is 5.85. The molecule has 0 saturated heterocycles. The van der Waals surface area contributed by atoms with Crippen LogP contribution in [-0.4, -0.2) is 28.1 Å². The molecule has 2 aromatic rings. The third kappa shape index (κ3) is 5.07. The lowest BCUT2D eigenvalue weighted by Gasteiger charge is -2.08. The highest BCUT2D eigenvalue weighted by molar-refractivity contribution is 6.30. The van der Waals surface area contributed by atoms with Gasteiger partial charge in [-0.15, -0.1) is 0 Å². The Balaban J connectivity index is 1.90. The fourth-order valence-corrected chi connectivity index (χ4v) is 1.80. The van der Waals surface area contributed by atoms with E-state index < -0.39 is 0 Å². The number of anilines is 2. The van der Waals surface area contributed by atoms with E-state index in [0.717, 1.165) is 17.9 Å². The predicted molar refractivity (Wildman–Crippen MR) is 83.7 cm³/mol. The second-order valence-corrected chi connectivity index (χ2v) is 4.89. The van der Waals surface area contributed by atoms with Crippen molar-refractivity contribution in [1.29, 1.82) is 0 Å². The number of nitrogen functional groups attached to an aromatic ring is 1. The third-order valence-electron chi connectivity index (χ3n) is 2.68. The van der Waals surface area contributed by atoms with Gasteiger partial charge in [0, 0.05) is 11.6 Å². The summed E-state index contributed by atoms with van der Waals surface area (Å²) in [7, 11) is 0. The van der Waals surface area contributed by atoms with Crippen LogP contribution in [0.25, 0.3) is 0 Å². The van der Waals surface area contributed by atoms with Crippen molar-refractivity contribution in [1.82, 2.24) is 15.0 Å². The normalized spacial score (nSPS) is 10.4. The number of rotatable bonds is 7. The van der Waals surface area contributed by atoms with Crippen LogP contribution >= 0.6 is 11.6 Å². The van der Waals surface area contributed by atoms with Crippen LogP contribution in [-0.2, 0) is 6.42 Å². The molecule has 0 amide bonds. The van der Waals surface area contributed by atoms with Gasteiger partial charge in [0.05, 0.1) is 6.61 Å². The number of nitrogens with one attached hydrogen (secondary N) is 1. The largest absolute Gasteiger partial charge is 0.463 e. The smallest absolute Gasteiger partial charge is 0.323 e. The summed E-state index contributed by atoms with van der Waals surface area (Å²) in [5.74, 6) is 0.563. The van der Waals surface area contributed by atoms with Crippen molar-refractivity contribution in [3.8, 4) is 6.01 Å². The zero-order valence-corrected chi connectivity index (χ0v) is 12.6. The minimum atomic E-state index is 0.144. The molecule has 0 radical (unpaired) electrons. The lowest BCUT2D eigenvalue weighted by Crippen LogP contribution is -2.11. The first-order chi connectivity index (χ1) is 10.2. The topological polar surface area (TPSA) is 86.0 Å². The van der Waals surface area contributed by atoms with E-state index in [1.165, 1.54) is 5.56 Å². The van der Waals surface area contributed by atoms with Gasteiger partial charge in [-0.05, 0) is 30.5 Å². The fraction of sp³-hybridized carbons (Fsp3) is 0.357. The number of benzene rings is 1. The molecule has 3 N–H and O–H groups in total. The Morgan fingerprint density at radius 1 is 1.19 bits per heavy atom. The molecule has 0 fully saturated rings. The molecule has 1 heterocycles. The summed E-state index contributed by atoms with van der Waals surface area (Å²) >= 11 is 5.85. The standard InChI is InChI=1S/C14H18ClN5O/c1-2-9-21-14-19-12(16)18-13(20-14)17-8-7-10-3-5-11(15)6-4-10/h3-6H,2,7-9H2,1H3,(H3,16,17,18,19,20). The SMILES string of the molecule is CCCOc1nc(N)nc(NCCc2ccc(Cl)cc2)n1. The number of ether oxygens (including phenoxy) is 1. The van der Waals surface area contributed by atoms with Crippen LogP contribution in [0.3, 0.4) is 0 Å². The second-order valence-electron chi connectivity index (χ2n) is 4.45. The second kappa shape index (κ2) is 7.64. The first kappa shape index (κ1) is 15.3. The monoisotopic (exact) mass is 307 g/mol. The van der Waals surface area contributed by atoms with Crippen molar-refractivity contribution in [3.05, 3.63) is 34.9 Å². The fourth-order valence-electron chi connectivity index (χ4n) is 1.68. The predicted octanol–water partition coefficient (Wildman–Crippen LogP) is 2.55. The maximum Gasteiger partial charge on any atom is 0.323 e. The van der Waals surface area contributed by atoms with Gasteiger partial charge in [0.15, 0.2) is 0 Å². The van der Waals surface area contributed by atoms with Crippen LogP contribution in [0.4, 0.5) is 11.9 Å². The number of aromatic nitrogens is 3. The molecule has 1 aromatic heterocycles. The third-order valence-corrected chi connectivity index (χ3v) is 2.93. The molecular weight excluding hydrogens is 290 g/mol. The molecule has 6 nitrogen and oxygen atoms in total. The van der Waals surface area contributed by atoms with Crippen LogP contribution in [0.15, 0.2) is 24.3 Å². The summed E-state index contributed by atoms with van der Waals surface area (Å²) in [6, 6.07) is 7.96. The van der Waals surface area contributed by atoms with Crippen molar-refractivity contribution >= 4 is 23.5 Å². The van der Waals surface area contributed by atoms with E-state index in [2.05, 4.69) is 20.3 Å². The van der Waals surface area contributed by atoms with E-state index in [1.807, 2.05) is 31.2 Å². The van der Waals surface area contributed by atoms with Gasteiger partial charge in [0.25, 0.3) is 0 Å². The Hall–Kier alpha value is -2.08. The summed E-state index contributed by atoms with van der Waals surface area (Å²) in [5.41, 5.74) is 6.81. The van der Waals surface area contributed by atoms with Gasteiger partial charge in [-0.2, -0.15) is 15.0 Å². The summed E-state index contributed by atoms with van der Waals surface area (Å²) in [5, 5.41) is 3.84. The zero-order chi connectivity index (χ0) is 15.1. The highest BCUT2D eigenvalue weighted by Gasteiger charge is 2.05. The Kier molecular flexibility index (Phi) is 5.57. The van der Waals surface area contributed by atoms with Gasteiger partial charge in [0.1, 0.15) is 0 Å². The van der Waals surface area contributed by atoms with Gasteiger partial charge in [-0.3, -0.25) is 0 Å². The minimum Gasteiger partial charge on any atom is -0.463 e. The van der Waals surface area contributed by atoms with Gasteiger partial charge in [0.2, 0.25) is 11.9 Å². The number of halogens is 1. The lowest BCUT2D eigenvalue weighted by molar-refractivity contribution is 0.292. The van der Waals surface area contributed by atoms with Crippen LogP contribution in [0.1, 0.15) is 18.9 Å². The minimum absolute atomic E-state index is 0.144. The van der Waals surface area contributed by atoms with Crippen molar-refractivity contribution < 1.29 is 4.74 Å². The van der Waals surface area contributed by atoms with Crippen LogP contribution in [0.5, 0.6) is 6.01 Å². The highest BCUT2D eigenvalue weighted by Crippen LogP contribution is 2.11. The van der Waals surface area contributed by atoms with Crippen molar-refractivity contribution in [2.45, 2.75) is 19.8 Å². The van der Waals surface area contributed by atoms with Crippen LogP contribution < -0.4 is 15.8 Å². The van der Waals surface area contributed by atoms with Crippen molar-refractivity contribution in [2.75, 3.05) is 24.2 Å². The van der Waals surface area contributed by atoms with Crippen LogP contribution in [0.2, 0.25) is 5.02 Å². The maximum absolute atomic E-state index is 5.85. The molecule has 112 valence electrons. The molecule has 0 atom stereocenters. The van der Waals surface area contributed by atoms with E-state index in [0.29, 0.717) is 19.1 Å². The zero-order valence-electron chi connectivity index (χ0n) is 11.8. The van der Waals surface area contributed by atoms with E-state index in [-0.39, 0.29) is 12.0 Å². The molecule has 1 aromatic carbocycles. The summed E-state index contributed by atoms with van der Waals surface area (Å²) in [6.45, 7) is 3.24. The Bertz CT molecular complexity index is 576. The van der Waals surface area contributed by atoms with Gasteiger partial charge >= 0.3 is 6.01 Å². The Morgan fingerprint density at radius 3 is 2.67 bits per heavy atom. The highest BCUT2D eigenvalue weighted by atomic mass is 35.5. The molecule has 0 aliphatic heterocycles. The summed E-state index contributed by atoms with van der Waals surface area (Å²) in [4.78, 5) is 12.1. The number of hydrogen-bond acceptors (Lipinski definition) is 6. The van der Waals surface area contributed by atoms with Gasteiger partial charge in [-0.1, -0.05) is 30.7 Å². The number of nitrogens with zero attached hydrogens (tertiary/aromatic N) is 3. The molecule has 2 rings (SSSR count). The first-order valence-corrected chi connectivity index (χ1v) is 7.18. The molecule has 0 bridgehead atoms. The number of nitrogens with two attached hydrogens (primary N) is 1. The first-order valence-electron chi connectivity index (χ1n) is 6.80. The van der Waals surface area contributed by atoms with E-state index in [1.54, 1.807) is 0 Å². The molecule has 0 spiro atoms. The Labute approximate surface area is 128 Å². The average Bonchev–Trinajstić information content (AvgIpc) is 2.47. The Morgan fingerprint density at radius 2 is 1.95 bits per heavy atom. The molecule has 0 aliphatic carbocycles. The molecule has 0 unspecified atom stereocenters. The lowest BCUT2D eigenvalue weighted by atomic mass is 10.1. The van der Waals surface area contributed by atoms with Gasteiger partial charge in [-0.25, -0.2) is 0 Å². The average molecular weight is 308 g/mol. The quantitative estimate of drug-likeness (QED) is 0.817. The van der Waals surface area contributed by atoms with E-state index in [4.69, 9.17) is 22.1 Å². The molecule has 7 heteroatoms. The molecule has 0 aliphatic rings. The molecular formula is C14H18ClN5O. The van der Waals surface area contributed by atoms with Crippen molar-refractivity contribution in [2.24, 2.45) is 0 Å². The van der Waals surface area contributed by atoms with Gasteiger partial charge < -0.3 is 15.8 Å². The molecule has 0 saturated carbocycles. The summed E-state index contributed by atoms with van der Waals surface area (Å²) < 4.78 is 5.36. The molecule has 21 heavy (non-hydrogen) atoms. The number of hydrogen-bond donors (Lipinski definition) is 2. The van der Waals surface area contributed by atoms with E-state index in [9.17, 15) is 0 Å².